The van der Waals surface area contributed by atoms with Crippen LogP contribution in [0.5, 0.6) is 0 Å². The van der Waals surface area contributed by atoms with Gasteiger partial charge in [0.1, 0.15) is 11.3 Å². The first-order chi connectivity index (χ1) is 8.22. The summed E-state index contributed by atoms with van der Waals surface area (Å²) in [6.07, 6.45) is 0. The van der Waals surface area contributed by atoms with Crippen molar-refractivity contribution in [2.24, 2.45) is 0 Å². The number of hydrogen-bond donors (Lipinski definition) is 0. The van der Waals surface area contributed by atoms with E-state index in [-0.39, 0.29) is 0 Å². The Morgan fingerprint density at radius 3 is 2.71 bits per heavy atom. The molecule has 0 aliphatic carbocycles. The summed E-state index contributed by atoms with van der Waals surface area (Å²) in [7, 11) is 0. The van der Waals surface area contributed by atoms with Gasteiger partial charge in [-0.15, -0.1) is 0 Å². The Balaban J connectivity index is 2.18. The van der Waals surface area contributed by atoms with Crippen LogP contribution < -0.4 is 0 Å². The van der Waals surface area contributed by atoms with E-state index in [2.05, 4.69) is 13.0 Å². The summed E-state index contributed by atoms with van der Waals surface area (Å²) in [5.74, 6) is 0.855. The highest BCUT2D eigenvalue weighted by Gasteiger charge is 2.06. The second-order valence-electron chi connectivity index (χ2n) is 4.16. The molecule has 3 rings (SSSR count). The first-order valence-electron chi connectivity index (χ1n) is 5.48. The molecule has 1 heterocycles. The normalized spacial score (nSPS) is 10.9. The zero-order chi connectivity index (χ0) is 11.8. The maximum Gasteiger partial charge on any atom is 0.135 e. The molecule has 0 saturated carbocycles. The summed E-state index contributed by atoms with van der Waals surface area (Å²) in [5.41, 5.74) is 3.15. The fraction of sp³-hybridized carbons (Fsp3) is 0.0667. The van der Waals surface area contributed by atoms with Gasteiger partial charge in [-0.3, -0.25) is 0 Å². The maximum atomic E-state index is 5.98. The summed E-state index contributed by atoms with van der Waals surface area (Å²) >= 11 is 5.98. The Hall–Kier alpha value is -1.73. The van der Waals surface area contributed by atoms with Crippen LogP contribution in [0.2, 0.25) is 5.02 Å². The number of furan rings is 1. The first-order valence-corrected chi connectivity index (χ1v) is 5.86. The minimum Gasteiger partial charge on any atom is -0.456 e. The molecule has 0 aliphatic heterocycles. The van der Waals surface area contributed by atoms with E-state index >= 15 is 0 Å². The molecule has 2 aromatic carbocycles. The third kappa shape index (κ3) is 1.94. The Labute approximate surface area is 105 Å². The summed E-state index contributed by atoms with van der Waals surface area (Å²) < 4.78 is 5.81. The van der Waals surface area contributed by atoms with E-state index in [1.54, 1.807) is 0 Å². The number of rotatable bonds is 1. The lowest BCUT2D eigenvalue weighted by Crippen LogP contribution is -1.71. The van der Waals surface area contributed by atoms with Gasteiger partial charge in [0.15, 0.2) is 0 Å². The highest BCUT2D eigenvalue weighted by Crippen LogP contribution is 2.29. The second-order valence-corrected chi connectivity index (χ2v) is 4.60. The third-order valence-corrected chi connectivity index (χ3v) is 3.02. The van der Waals surface area contributed by atoms with E-state index in [1.807, 2.05) is 42.5 Å². The quantitative estimate of drug-likeness (QED) is 0.581. The topological polar surface area (TPSA) is 13.1 Å². The van der Waals surface area contributed by atoms with Crippen LogP contribution in [-0.2, 0) is 0 Å². The van der Waals surface area contributed by atoms with Crippen LogP contribution in [-0.4, -0.2) is 0 Å². The first kappa shape index (κ1) is 10.4. The van der Waals surface area contributed by atoms with Crippen molar-refractivity contribution < 1.29 is 4.42 Å². The summed E-state index contributed by atoms with van der Waals surface area (Å²) in [5, 5.41) is 1.85. The van der Waals surface area contributed by atoms with Crippen LogP contribution in [0, 0.1) is 6.92 Å². The molecular formula is C15H11ClO. The highest BCUT2D eigenvalue weighted by molar-refractivity contribution is 6.30. The number of hydrogen-bond acceptors (Lipinski definition) is 1. The largest absolute Gasteiger partial charge is 0.456 e. The van der Waals surface area contributed by atoms with Gasteiger partial charge >= 0.3 is 0 Å². The Bertz CT molecular complexity index is 682. The molecule has 17 heavy (non-hydrogen) atoms. The standard InChI is InChI=1S/C15H11ClO/c1-10-5-6-14-12(7-10)9-15(17-14)11-3-2-4-13(16)8-11/h2-9H,1H3. The van der Waals surface area contributed by atoms with Gasteiger partial charge < -0.3 is 4.42 Å². The van der Waals surface area contributed by atoms with Crippen molar-refractivity contribution in [1.82, 2.24) is 0 Å². The molecule has 0 saturated heterocycles. The molecule has 0 fully saturated rings. The molecule has 1 nitrogen and oxygen atoms in total. The van der Waals surface area contributed by atoms with Gasteiger partial charge in [0.25, 0.3) is 0 Å². The number of aryl methyl sites for hydroxylation is 1. The van der Waals surface area contributed by atoms with Crippen molar-refractivity contribution in [2.45, 2.75) is 6.92 Å². The molecule has 0 unspecified atom stereocenters. The molecule has 0 spiro atoms. The van der Waals surface area contributed by atoms with Gasteiger partial charge in [0.2, 0.25) is 0 Å². The van der Waals surface area contributed by atoms with E-state index in [0.717, 1.165) is 27.3 Å². The van der Waals surface area contributed by atoms with E-state index in [9.17, 15) is 0 Å². The summed E-state index contributed by atoms with van der Waals surface area (Å²) in [4.78, 5) is 0. The van der Waals surface area contributed by atoms with Gasteiger partial charge in [0.05, 0.1) is 0 Å². The third-order valence-electron chi connectivity index (χ3n) is 2.78. The van der Waals surface area contributed by atoms with E-state index in [1.165, 1.54) is 5.56 Å². The van der Waals surface area contributed by atoms with Crippen LogP contribution in [0.4, 0.5) is 0 Å². The fourth-order valence-corrected chi connectivity index (χ4v) is 2.14. The molecule has 0 atom stereocenters. The minimum atomic E-state index is 0.721. The van der Waals surface area contributed by atoms with Gasteiger partial charge in [-0.2, -0.15) is 0 Å². The van der Waals surface area contributed by atoms with Gasteiger partial charge in [0, 0.05) is 16.0 Å². The van der Waals surface area contributed by atoms with E-state index in [0.29, 0.717) is 0 Å². The average molecular weight is 243 g/mol. The minimum absolute atomic E-state index is 0.721. The second kappa shape index (κ2) is 3.94. The summed E-state index contributed by atoms with van der Waals surface area (Å²) in [6.45, 7) is 2.07. The van der Waals surface area contributed by atoms with Crippen molar-refractivity contribution in [1.29, 1.82) is 0 Å². The fourth-order valence-electron chi connectivity index (χ4n) is 1.95. The lowest BCUT2D eigenvalue weighted by molar-refractivity contribution is 0.631. The number of halogens is 1. The van der Waals surface area contributed by atoms with E-state index < -0.39 is 0 Å². The predicted octanol–water partition coefficient (Wildman–Crippen LogP) is 5.06. The van der Waals surface area contributed by atoms with E-state index in [4.69, 9.17) is 16.0 Å². The molecule has 0 N–H and O–H groups in total. The Morgan fingerprint density at radius 1 is 1.00 bits per heavy atom. The SMILES string of the molecule is Cc1ccc2oc(-c3cccc(Cl)c3)cc2c1. The molecule has 0 radical (unpaired) electrons. The zero-order valence-electron chi connectivity index (χ0n) is 9.41. The van der Waals surface area contributed by atoms with Crippen LogP contribution >= 0.6 is 11.6 Å². The Kier molecular flexibility index (Phi) is 2.41. The van der Waals surface area contributed by atoms with Crippen molar-refractivity contribution in [2.75, 3.05) is 0 Å². The maximum absolute atomic E-state index is 5.98. The predicted molar refractivity (Wildman–Crippen MR) is 71.4 cm³/mol. The van der Waals surface area contributed by atoms with Crippen molar-refractivity contribution in [3.05, 3.63) is 59.1 Å². The van der Waals surface area contributed by atoms with Gasteiger partial charge in [-0.25, -0.2) is 0 Å². The van der Waals surface area contributed by atoms with Gasteiger partial charge in [-0.1, -0.05) is 35.4 Å². The smallest absolute Gasteiger partial charge is 0.135 e. The zero-order valence-corrected chi connectivity index (χ0v) is 10.2. The molecule has 2 heteroatoms. The van der Waals surface area contributed by atoms with Gasteiger partial charge in [-0.05, 0) is 37.3 Å². The molecule has 1 aromatic heterocycles. The van der Waals surface area contributed by atoms with Crippen LogP contribution in [0.25, 0.3) is 22.3 Å². The van der Waals surface area contributed by atoms with Crippen molar-refractivity contribution >= 4 is 22.6 Å². The van der Waals surface area contributed by atoms with Crippen LogP contribution in [0.15, 0.2) is 52.9 Å². The monoisotopic (exact) mass is 242 g/mol. The molecule has 0 aliphatic rings. The van der Waals surface area contributed by atoms with Crippen molar-refractivity contribution in [3.8, 4) is 11.3 Å². The molecule has 0 bridgehead atoms. The number of fused-ring (bicyclic) bond motifs is 1. The van der Waals surface area contributed by atoms with Crippen LogP contribution in [0.1, 0.15) is 5.56 Å². The summed E-state index contributed by atoms with van der Waals surface area (Å²) in [6, 6.07) is 15.9. The highest BCUT2D eigenvalue weighted by atomic mass is 35.5. The van der Waals surface area contributed by atoms with Crippen molar-refractivity contribution in [3.63, 3.8) is 0 Å². The Morgan fingerprint density at radius 2 is 1.88 bits per heavy atom. The lowest BCUT2D eigenvalue weighted by Gasteiger charge is -1.96. The lowest BCUT2D eigenvalue weighted by atomic mass is 10.1. The average Bonchev–Trinajstić information content (AvgIpc) is 2.72. The number of benzene rings is 2. The van der Waals surface area contributed by atoms with Crippen LogP contribution in [0.3, 0.4) is 0 Å². The molecular weight excluding hydrogens is 232 g/mol. The molecule has 0 amide bonds. The molecule has 3 aromatic rings. The molecule has 84 valence electrons.